The van der Waals surface area contributed by atoms with Crippen molar-refractivity contribution in [2.75, 3.05) is 0 Å². The lowest BCUT2D eigenvalue weighted by Crippen LogP contribution is -2.19. The molecule has 1 fully saturated rings. The highest BCUT2D eigenvalue weighted by molar-refractivity contribution is 8.18. The molecular weight excluding hydrogens is 366 g/mol. The monoisotopic (exact) mass is 381 g/mol. The van der Waals surface area contributed by atoms with Gasteiger partial charge < -0.3 is 9.88 Å². The molecule has 2 aromatic carbocycles. The molecule has 1 amide bonds. The van der Waals surface area contributed by atoms with Gasteiger partial charge in [0.05, 0.1) is 10.6 Å². The molecule has 0 bridgehead atoms. The molecule has 130 valence electrons. The highest BCUT2D eigenvalue weighted by Gasteiger charge is 2.24. The Balaban J connectivity index is 1.66. The number of hydrogen-bond acceptors (Lipinski definition) is 3. The van der Waals surface area contributed by atoms with Crippen molar-refractivity contribution in [1.82, 2.24) is 9.88 Å². The lowest BCUT2D eigenvalue weighted by Gasteiger charge is -2.00. The van der Waals surface area contributed by atoms with Crippen LogP contribution in [0.2, 0.25) is 5.02 Å². The lowest BCUT2D eigenvalue weighted by atomic mass is 10.1. The molecular formula is C20H16ClN3OS. The SMILES string of the molecule is Cc1ccc(N=C2NC(=O)C(=Cc3cn(C)c4ccccc34)S2)cc1Cl. The molecule has 0 saturated carbocycles. The van der Waals surface area contributed by atoms with E-state index in [2.05, 4.69) is 27.0 Å². The summed E-state index contributed by atoms with van der Waals surface area (Å²) < 4.78 is 2.06. The van der Waals surface area contributed by atoms with Gasteiger partial charge in [0.1, 0.15) is 0 Å². The van der Waals surface area contributed by atoms with Crippen molar-refractivity contribution in [2.24, 2.45) is 12.0 Å². The van der Waals surface area contributed by atoms with E-state index in [1.807, 2.05) is 50.5 Å². The summed E-state index contributed by atoms with van der Waals surface area (Å²) in [6.07, 6.45) is 3.94. The fourth-order valence-electron chi connectivity index (χ4n) is 2.88. The van der Waals surface area contributed by atoms with Gasteiger partial charge in [0.2, 0.25) is 0 Å². The molecule has 4 nitrogen and oxygen atoms in total. The van der Waals surface area contributed by atoms with E-state index in [0.29, 0.717) is 15.1 Å². The zero-order chi connectivity index (χ0) is 18.3. The number of halogens is 1. The second kappa shape index (κ2) is 6.67. The Morgan fingerprint density at radius 3 is 2.85 bits per heavy atom. The van der Waals surface area contributed by atoms with Gasteiger partial charge in [-0.2, -0.15) is 0 Å². The van der Waals surface area contributed by atoms with Crippen LogP contribution < -0.4 is 5.32 Å². The molecule has 1 aliphatic heterocycles. The molecule has 0 unspecified atom stereocenters. The zero-order valence-electron chi connectivity index (χ0n) is 14.3. The first kappa shape index (κ1) is 16.9. The quantitative estimate of drug-likeness (QED) is 0.632. The standard InChI is InChI=1S/C20H16ClN3OS/c1-12-7-8-14(10-16(12)21)22-20-23-19(25)18(26-20)9-13-11-24(2)17-6-4-3-5-15(13)17/h3-11H,1-2H3,(H,22,23,25). The van der Waals surface area contributed by atoms with Crippen molar-refractivity contribution in [2.45, 2.75) is 6.92 Å². The molecule has 1 aromatic heterocycles. The summed E-state index contributed by atoms with van der Waals surface area (Å²) >= 11 is 7.48. The minimum atomic E-state index is -0.139. The summed E-state index contributed by atoms with van der Waals surface area (Å²) in [5, 5.41) is 5.15. The number of carbonyl (C=O) groups is 1. The summed E-state index contributed by atoms with van der Waals surface area (Å²) in [6, 6.07) is 13.7. The number of aryl methyl sites for hydroxylation is 2. The minimum Gasteiger partial charge on any atom is -0.350 e. The molecule has 26 heavy (non-hydrogen) atoms. The van der Waals surface area contributed by atoms with Crippen molar-refractivity contribution in [3.8, 4) is 0 Å². The predicted molar refractivity (Wildman–Crippen MR) is 110 cm³/mol. The molecule has 4 rings (SSSR count). The number of fused-ring (bicyclic) bond motifs is 1. The van der Waals surface area contributed by atoms with E-state index in [4.69, 9.17) is 11.6 Å². The van der Waals surface area contributed by atoms with Crippen LogP contribution >= 0.6 is 23.4 Å². The maximum atomic E-state index is 12.3. The number of hydrogen-bond donors (Lipinski definition) is 1. The minimum absolute atomic E-state index is 0.139. The van der Waals surface area contributed by atoms with Gasteiger partial charge in [-0.05, 0) is 48.5 Å². The number of rotatable bonds is 2. The number of thioether (sulfide) groups is 1. The topological polar surface area (TPSA) is 46.4 Å². The lowest BCUT2D eigenvalue weighted by molar-refractivity contribution is -0.115. The van der Waals surface area contributed by atoms with Crippen molar-refractivity contribution >= 4 is 57.1 Å². The van der Waals surface area contributed by atoms with Crippen LogP contribution in [0.3, 0.4) is 0 Å². The van der Waals surface area contributed by atoms with Crippen molar-refractivity contribution < 1.29 is 4.79 Å². The molecule has 3 aromatic rings. The average molecular weight is 382 g/mol. The highest BCUT2D eigenvalue weighted by atomic mass is 35.5. The fraction of sp³-hybridized carbons (Fsp3) is 0.100. The molecule has 1 saturated heterocycles. The first-order chi connectivity index (χ1) is 12.5. The fourth-order valence-corrected chi connectivity index (χ4v) is 3.89. The third kappa shape index (κ3) is 3.16. The first-order valence-electron chi connectivity index (χ1n) is 8.11. The van der Waals surface area contributed by atoms with E-state index < -0.39 is 0 Å². The average Bonchev–Trinajstić information content (AvgIpc) is 3.12. The van der Waals surface area contributed by atoms with Gasteiger partial charge in [0, 0.05) is 34.7 Å². The largest absolute Gasteiger partial charge is 0.350 e. The number of nitrogens with zero attached hydrogens (tertiary/aromatic N) is 2. The Kier molecular flexibility index (Phi) is 4.34. The van der Waals surface area contributed by atoms with Gasteiger partial charge >= 0.3 is 0 Å². The number of carbonyl (C=O) groups excluding carboxylic acids is 1. The number of para-hydroxylation sites is 1. The van der Waals surface area contributed by atoms with Gasteiger partial charge in [0.15, 0.2) is 5.17 Å². The second-order valence-corrected chi connectivity index (χ2v) is 7.57. The Morgan fingerprint density at radius 2 is 2.04 bits per heavy atom. The molecule has 0 atom stereocenters. The summed E-state index contributed by atoms with van der Waals surface area (Å²) in [7, 11) is 2.00. The molecule has 1 N–H and O–H groups in total. The van der Waals surface area contributed by atoms with E-state index in [-0.39, 0.29) is 5.91 Å². The Morgan fingerprint density at radius 1 is 1.23 bits per heavy atom. The van der Waals surface area contributed by atoms with Crippen LogP contribution in [0.15, 0.2) is 58.6 Å². The number of benzene rings is 2. The van der Waals surface area contributed by atoms with Crippen LogP contribution in [0.5, 0.6) is 0 Å². The zero-order valence-corrected chi connectivity index (χ0v) is 15.9. The van der Waals surface area contributed by atoms with Crippen LogP contribution in [0, 0.1) is 6.92 Å². The van der Waals surface area contributed by atoms with Gasteiger partial charge in [-0.1, -0.05) is 35.9 Å². The number of amides is 1. The van der Waals surface area contributed by atoms with E-state index in [0.717, 1.165) is 27.7 Å². The molecule has 0 spiro atoms. The van der Waals surface area contributed by atoms with Crippen molar-refractivity contribution in [1.29, 1.82) is 0 Å². The molecule has 6 heteroatoms. The second-order valence-electron chi connectivity index (χ2n) is 6.13. The third-order valence-electron chi connectivity index (χ3n) is 4.25. The summed E-state index contributed by atoms with van der Waals surface area (Å²) in [5.41, 5.74) is 3.86. The van der Waals surface area contributed by atoms with Crippen LogP contribution in [-0.2, 0) is 11.8 Å². The molecule has 2 heterocycles. The number of aromatic nitrogens is 1. The predicted octanol–water partition coefficient (Wildman–Crippen LogP) is 5.03. The van der Waals surface area contributed by atoms with Crippen LogP contribution in [0.4, 0.5) is 5.69 Å². The van der Waals surface area contributed by atoms with Crippen molar-refractivity contribution in [3.63, 3.8) is 0 Å². The van der Waals surface area contributed by atoms with E-state index >= 15 is 0 Å². The van der Waals surface area contributed by atoms with Gasteiger partial charge in [-0.15, -0.1) is 0 Å². The number of amidine groups is 1. The van der Waals surface area contributed by atoms with Crippen LogP contribution in [0.25, 0.3) is 17.0 Å². The normalized spacial score (nSPS) is 17.4. The molecule has 0 aliphatic carbocycles. The maximum absolute atomic E-state index is 12.3. The molecule has 0 radical (unpaired) electrons. The van der Waals surface area contributed by atoms with Crippen molar-refractivity contribution in [3.05, 3.63) is 69.7 Å². The smallest absolute Gasteiger partial charge is 0.264 e. The molecule has 1 aliphatic rings. The summed E-state index contributed by atoms with van der Waals surface area (Å²) in [4.78, 5) is 17.4. The summed E-state index contributed by atoms with van der Waals surface area (Å²) in [6.45, 7) is 1.94. The Bertz CT molecular complexity index is 1100. The van der Waals surface area contributed by atoms with Gasteiger partial charge in [-0.3, -0.25) is 4.79 Å². The maximum Gasteiger partial charge on any atom is 0.264 e. The van der Waals surface area contributed by atoms with Crippen LogP contribution in [-0.4, -0.2) is 15.6 Å². The first-order valence-corrected chi connectivity index (χ1v) is 9.30. The Labute approximate surface area is 160 Å². The van der Waals surface area contributed by atoms with Gasteiger partial charge in [-0.25, -0.2) is 4.99 Å². The van der Waals surface area contributed by atoms with Crippen LogP contribution in [0.1, 0.15) is 11.1 Å². The van der Waals surface area contributed by atoms with E-state index in [1.165, 1.54) is 11.8 Å². The third-order valence-corrected chi connectivity index (χ3v) is 5.57. The Hall–Kier alpha value is -2.50. The van der Waals surface area contributed by atoms with E-state index in [1.54, 1.807) is 6.07 Å². The number of nitrogens with one attached hydrogen (secondary N) is 1. The number of aliphatic imine (C=N–C) groups is 1. The van der Waals surface area contributed by atoms with Gasteiger partial charge in [0.25, 0.3) is 5.91 Å². The highest BCUT2D eigenvalue weighted by Crippen LogP contribution is 2.31. The van der Waals surface area contributed by atoms with E-state index in [9.17, 15) is 4.79 Å². The summed E-state index contributed by atoms with van der Waals surface area (Å²) in [5.74, 6) is -0.139.